The smallest absolute Gasteiger partial charge is 0.325 e. The predicted octanol–water partition coefficient (Wildman–Crippen LogP) is 3.74. The summed E-state index contributed by atoms with van der Waals surface area (Å²) in [6, 6.07) is 8.38. The number of hydrogen-bond donors (Lipinski definition) is 1. The van der Waals surface area contributed by atoms with E-state index in [-0.39, 0.29) is 23.2 Å². The average Bonchev–Trinajstić information content (AvgIpc) is 2.78. The summed E-state index contributed by atoms with van der Waals surface area (Å²) in [6.07, 6.45) is 7.16. The topological polar surface area (TPSA) is 76.9 Å². The number of carbonyl (C=O) groups excluding carboxylic acids is 1. The summed E-state index contributed by atoms with van der Waals surface area (Å²) in [5.74, 6) is -0.529. The molecular formula is C23H23FN4O2S. The number of hydrogen-bond acceptors (Lipinski definition) is 5. The lowest BCUT2D eigenvalue weighted by molar-refractivity contribution is -0.113. The van der Waals surface area contributed by atoms with Gasteiger partial charge in [-0.25, -0.2) is 9.18 Å². The number of nitrogens with one attached hydrogen (secondary N) is 1. The van der Waals surface area contributed by atoms with Crippen molar-refractivity contribution in [1.82, 2.24) is 14.5 Å². The molecule has 0 unspecified atom stereocenters. The Bertz CT molecular complexity index is 1160. The van der Waals surface area contributed by atoms with E-state index in [0.717, 1.165) is 42.5 Å². The van der Waals surface area contributed by atoms with Gasteiger partial charge in [-0.15, -0.1) is 0 Å². The van der Waals surface area contributed by atoms with Crippen LogP contribution in [0, 0.1) is 12.7 Å². The maximum atomic E-state index is 13.7. The van der Waals surface area contributed by atoms with E-state index >= 15 is 0 Å². The molecule has 4 rings (SSSR count). The van der Waals surface area contributed by atoms with Crippen LogP contribution in [-0.4, -0.2) is 26.2 Å². The third-order valence-corrected chi connectivity index (χ3v) is 6.33. The Balaban J connectivity index is 1.52. The summed E-state index contributed by atoms with van der Waals surface area (Å²) in [5, 5.41) is 3.32. The normalized spacial score (nSPS) is 13.0. The summed E-state index contributed by atoms with van der Waals surface area (Å²) in [5.41, 5.74) is 3.62. The van der Waals surface area contributed by atoms with Crippen molar-refractivity contribution < 1.29 is 9.18 Å². The molecule has 31 heavy (non-hydrogen) atoms. The molecule has 0 fully saturated rings. The second-order valence-corrected chi connectivity index (χ2v) is 8.54. The van der Waals surface area contributed by atoms with Crippen LogP contribution in [0.1, 0.15) is 35.2 Å². The SMILES string of the molecule is Cc1ccc(NC(=O)CSc2nc(=O)n(Cc3cccnc3)c3c2CCCC3)cc1F. The van der Waals surface area contributed by atoms with Gasteiger partial charge >= 0.3 is 5.69 Å². The minimum Gasteiger partial charge on any atom is -0.325 e. The molecule has 0 bridgehead atoms. The van der Waals surface area contributed by atoms with Crippen LogP contribution in [0.4, 0.5) is 10.1 Å². The molecule has 1 aliphatic carbocycles. The summed E-state index contributed by atoms with van der Waals surface area (Å²) in [4.78, 5) is 33.6. The predicted molar refractivity (Wildman–Crippen MR) is 119 cm³/mol. The average molecular weight is 439 g/mol. The van der Waals surface area contributed by atoms with Gasteiger partial charge < -0.3 is 5.32 Å². The van der Waals surface area contributed by atoms with Crippen molar-refractivity contribution in [2.24, 2.45) is 0 Å². The minimum absolute atomic E-state index is 0.0982. The molecule has 3 aromatic rings. The molecule has 2 aromatic heterocycles. The van der Waals surface area contributed by atoms with E-state index in [2.05, 4.69) is 15.3 Å². The maximum absolute atomic E-state index is 13.7. The van der Waals surface area contributed by atoms with Gasteiger partial charge in [0.15, 0.2) is 0 Å². The molecule has 0 spiro atoms. The molecule has 2 heterocycles. The first-order valence-corrected chi connectivity index (χ1v) is 11.2. The fourth-order valence-electron chi connectivity index (χ4n) is 3.71. The number of carbonyl (C=O) groups is 1. The zero-order chi connectivity index (χ0) is 21.8. The summed E-state index contributed by atoms with van der Waals surface area (Å²) in [7, 11) is 0. The van der Waals surface area contributed by atoms with Gasteiger partial charge in [0, 0.05) is 29.3 Å². The molecule has 0 saturated carbocycles. The van der Waals surface area contributed by atoms with Gasteiger partial charge in [-0.3, -0.25) is 14.3 Å². The lowest BCUT2D eigenvalue weighted by Gasteiger charge is -2.22. The Hall–Kier alpha value is -3.00. The number of aromatic nitrogens is 3. The molecule has 0 atom stereocenters. The molecule has 1 aliphatic rings. The van der Waals surface area contributed by atoms with Crippen LogP contribution >= 0.6 is 11.8 Å². The lowest BCUT2D eigenvalue weighted by atomic mass is 9.97. The molecule has 6 nitrogen and oxygen atoms in total. The number of fused-ring (bicyclic) bond motifs is 1. The van der Waals surface area contributed by atoms with Crippen molar-refractivity contribution in [3.05, 3.63) is 81.4 Å². The third-order valence-electron chi connectivity index (χ3n) is 5.31. The van der Waals surface area contributed by atoms with Gasteiger partial charge in [-0.1, -0.05) is 23.9 Å². The highest BCUT2D eigenvalue weighted by Crippen LogP contribution is 2.29. The van der Waals surface area contributed by atoms with Crippen LogP contribution in [0.25, 0.3) is 0 Å². The molecule has 160 valence electrons. The standard InChI is InChI=1S/C23H23FN4O2S/c1-15-8-9-17(11-19(15)24)26-21(29)14-31-22-18-6-2-3-7-20(18)28(23(30)27-22)13-16-5-4-10-25-12-16/h4-5,8-12H,2-3,6-7,13-14H2,1H3,(H,26,29). The summed E-state index contributed by atoms with van der Waals surface area (Å²) >= 11 is 1.26. The first kappa shape index (κ1) is 21.2. The minimum atomic E-state index is -0.363. The molecule has 0 saturated heterocycles. The Labute approximate surface area is 183 Å². The first-order chi connectivity index (χ1) is 15.0. The highest BCUT2D eigenvalue weighted by atomic mass is 32.2. The molecular weight excluding hydrogens is 415 g/mol. The molecule has 0 aliphatic heterocycles. The molecule has 8 heteroatoms. The number of nitrogens with zero attached hydrogens (tertiary/aromatic N) is 3. The largest absolute Gasteiger partial charge is 0.349 e. The van der Waals surface area contributed by atoms with Crippen LogP contribution in [0.2, 0.25) is 0 Å². The number of aryl methyl sites for hydroxylation is 1. The van der Waals surface area contributed by atoms with E-state index in [1.807, 2.05) is 12.1 Å². The second kappa shape index (κ2) is 9.43. The summed E-state index contributed by atoms with van der Waals surface area (Å²) < 4.78 is 15.4. The molecule has 1 N–H and O–H groups in total. The van der Waals surface area contributed by atoms with E-state index in [0.29, 0.717) is 22.8 Å². The van der Waals surface area contributed by atoms with E-state index in [1.165, 1.54) is 17.8 Å². The molecule has 1 aromatic carbocycles. The quantitative estimate of drug-likeness (QED) is 0.469. The highest BCUT2D eigenvalue weighted by Gasteiger charge is 2.21. The van der Waals surface area contributed by atoms with E-state index in [9.17, 15) is 14.0 Å². The number of thioether (sulfide) groups is 1. The number of pyridine rings is 1. The van der Waals surface area contributed by atoms with Crippen LogP contribution in [0.5, 0.6) is 0 Å². The fraction of sp³-hybridized carbons (Fsp3) is 0.304. The van der Waals surface area contributed by atoms with Crippen molar-refractivity contribution in [3.8, 4) is 0 Å². The molecule has 0 radical (unpaired) electrons. The van der Waals surface area contributed by atoms with Gasteiger partial charge in [0.05, 0.1) is 12.3 Å². The second-order valence-electron chi connectivity index (χ2n) is 7.58. The van der Waals surface area contributed by atoms with Crippen LogP contribution < -0.4 is 11.0 Å². The van der Waals surface area contributed by atoms with Gasteiger partial charge in [0.1, 0.15) is 10.8 Å². The van der Waals surface area contributed by atoms with Crippen molar-refractivity contribution in [3.63, 3.8) is 0 Å². The third kappa shape index (κ3) is 5.02. The van der Waals surface area contributed by atoms with Crippen LogP contribution in [-0.2, 0) is 24.2 Å². The van der Waals surface area contributed by atoms with Crippen LogP contribution in [0.15, 0.2) is 52.5 Å². The zero-order valence-corrected chi connectivity index (χ0v) is 18.0. The number of amides is 1. The van der Waals surface area contributed by atoms with Crippen molar-refractivity contribution >= 4 is 23.4 Å². The number of rotatable bonds is 6. The Morgan fingerprint density at radius 2 is 2.10 bits per heavy atom. The van der Waals surface area contributed by atoms with Crippen molar-refractivity contribution in [2.45, 2.75) is 44.2 Å². The fourth-order valence-corrected chi connectivity index (χ4v) is 4.58. The van der Waals surface area contributed by atoms with Gasteiger partial charge in [0.25, 0.3) is 0 Å². The first-order valence-electron chi connectivity index (χ1n) is 10.2. The van der Waals surface area contributed by atoms with E-state index in [4.69, 9.17) is 0 Å². The highest BCUT2D eigenvalue weighted by molar-refractivity contribution is 8.00. The van der Waals surface area contributed by atoms with Gasteiger partial charge in [-0.2, -0.15) is 4.98 Å². The van der Waals surface area contributed by atoms with Crippen LogP contribution in [0.3, 0.4) is 0 Å². The van der Waals surface area contributed by atoms with Gasteiger partial charge in [0.2, 0.25) is 5.91 Å². The number of halogens is 1. The summed E-state index contributed by atoms with van der Waals surface area (Å²) in [6.45, 7) is 2.11. The van der Waals surface area contributed by atoms with Crippen molar-refractivity contribution in [1.29, 1.82) is 0 Å². The monoisotopic (exact) mass is 438 g/mol. The van der Waals surface area contributed by atoms with Gasteiger partial charge in [-0.05, 0) is 61.9 Å². The van der Waals surface area contributed by atoms with E-state index in [1.54, 1.807) is 36.0 Å². The zero-order valence-electron chi connectivity index (χ0n) is 17.2. The molecule has 1 amide bonds. The van der Waals surface area contributed by atoms with E-state index < -0.39 is 0 Å². The Morgan fingerprint density at radius 1 is 1.26 bits per heavy atom. The Morgan fingerprint density at radius 3 is 2.87 bits per heavy atom. The Kier molecular flexibility index (Phi) is 6.46. The lowest BCUT2D eigenvalue weighted by Crippen LogP contribution is -2.30. The number of anilines is 1. The maximum Gasteiger partial charge on any atom is 0.349 e. The number of benzene rings is 1. The van der Waals surface area contributed by atoms with Crippen molar-refractivity contribution in [2.75, 3.05) is 11.1 Å².